The average molecular weight is 270 g/mol. The van der Waals surface area contributed by atoms with Crippen LogP contribution in [-0.2, 0) is 4.74 Å². The molecule has 108 valence electrons. The summed E-state index contributed by atoms with van der Waals surface area (Å²) in [6, 6.07) is 0. The molecule has 0 heterocycles. The Balaban J connectivity index is 3.27. The normalized spacial score (nSPS) is 34.8. The smallest absolute Gasteiger partial charge is 0.450 e. The van der Waals surface area contributed by atoms with Crippen molar-refractivity contribution in [2.75, 3.05) is 0 Å². The summed E-state index contributed by atoms with van der Waals surface area (Å²) in [7, 11) is 0. The molecule has 1 saturated carbocycles. The van der Waals surface area contributed by atoms with Crippen molar-refractivity contribution >= 4 is 6.16 Å². The van der Waals surface area contributed by atoms with Crippen LogP contribution in [0.5, 0.6) is 0 Å². The van der Waals surface area contributed by atoms with Gasteiger partial charge in [-0.15, -0.1) is 0 Å². The van der Waals surface area contributed by atoms with Crippen LogP contribution in [0.2, 0.25) is 0 Å². The third-order valence-corrected chi connectivity index (χ3v) is 3.79. The predicted octanol–water partition coefficient (Wildman–Crippen LogP) is 1.62. The summed E-state index contributed by atoms with van der Waals surface area (Å²) in [6.07, 6.45) is -1.92. The van der Waals surface area contributed by atoms with Gasteiger partial charge in [-0.3, -0.25) is 0 Å². The van der Waals surface area contributed by atoms with E-state index in [0.717, 1.165) is 0 Å². The number of aliphatic hydroxyl groups excluding tert-OH is 2. The molecule has 1 rings (SSSR count). The van der Waals surface area contributed by atoms with Crippen LogP contribution in [0.1, 0.15) is 40.5 Å². The molecule has 4 atom stereocenters. The van der Waals surface area contributed by atoms with E-state index in [4.69, 9.17) is 9.84 Å². The standard InChI is InChI=1S/C14H22O5/c1-9-7-11(16)8-13(3,4)14(9,19-12(17)18)6-5-10(2)15/h9-11,15-16H,7-8H2,1-4H3,(H,17,18)/t9-,10?,11-,14+/m1/s1. The van der Waals surface area contributed by atoms with Gasteiger partial charge in [0.05, 0.1) is 6.10 Å². The highest BCUT2D eigenvalue weighted by molar-refractivity contribution is 5.59. The number of aliphatic hydroxyl groups is 2. The van der Waals surface area contributed by atoms with Crippen molar-refractivity contribution in [3.8, 4) is 11.8 Å². The number of ether oxygens (including phenoxy) is 1. The SMILES string of the molecule is CC(O)C#C[C@]1(OC(=O)O)[C@H](C)C[C@@H](O)CC1(C)C. The van der Waals surface area contributed by atoms with Crippen molar-refractivity contribution < 1.29 is 24.9 Å². The molecular weight excluding hydrogens is 248 g/mol. The summed E-state index contributed by atoms with van der Waals surface area (Å²) in [4.78, 5) is 11.0. The monoisotopic (exact) mass is 270 g/mol. The zero-order chi connectivity index (χ0) is 14.8. The summed E-state index contributed by atoms with van der Waals surface area (Å²) in [6.45, 7) is 6.97. The quantitative estimate of drug-likeness (QED) is 0.498. The van der Waals surface area contributed by atoms with Gasteiger partial charge in [0.15, 0.2) is 5.60 Å². The molecule has 0 radical (unpaired) electrons. The van der Waals surface area contributed by atoms with E-state index in [2.05, 4.69) is 11.8 Å². The molecule has 0 saturated heterocycles. The Kier molecular flexibility index (Phi) is 4.49. The third kappa shape index (κ3) is 3.20. The van der Waals surface area contributed by atoms with E-state index >= 15 is 0 Å². The van der Waals surface area contributed by atoms with Gasteiger partial charge in [0.2, 0.25) is 0 Å². The van der Waals surface area contributed by atoms with Crippen LogP contribution in [0.3, 0.4) is 0 Å². The summed E-state index contributed by atoms with van der Waals surface area (Å²) in [5, 5.41) is 28.2. The van der Waals surface area contributed by atoms with Gasteiger partial charge in [0.25, 0.3) is 0 Å². The average Bonchev–Trinajstić information content (AvgIpc) is 2.20. The van der Waals surface area contributed by atoms with Crippen molar-refractivity contribution in [2.45, 2.75) is 58.3 Å². The van der Waals surface area contributed by atoms with Gasteiger partial charge >= 0.3 is 6.16 Å². The lowest BCUT2D eigenvalue weighted by Gasteiger charge is -2.50. The lowest BCUT2D eigenvalue weighted by Crippen LogP contribution is -2.57. The lowest BCUT2D eigenvalue weighted by atomic mass is 9.60. The van der Waals surface area contributed by atoms with Crippen LogP contribution < -0.4 is 0 Å². The molecule has 19 heavy (non-hydrogen) atoms. The topological polar surface area (TPSA) is 87.0 Å². The van der Waals surface area contributed by atoms with Gasteiger partial charge in [0.1, 0.15) is 6.10 Å². The fraction of sp³-hybridized carbons (Fsp3) is 0.786. The predicted molar refractivity (Wildman–Crippen MR) is 69.5 cm³/mol. The lowest BCUT2D eigenvalue weighted by molar-refractivity contribution is -0.134. The molecule has 1 aliphatic rings. The summed E-state index contributed by atoms with van der Waals surface area (Å²) in [5.41, 5.74) is -1.85. The maximum absolute atomic E-state index is 11.0. The van der Waals surface area contributed by atoms with E-state index < -0.39 is 29.4 Å². The minimum atomic E-state index is -1.39. The number of rotatable bonds is 1. The van der Waals surface area contributed by atoms with Crippen LogP contribution >= 0.6 is 0 Å². The second-order valence-corrected chi connectivity index (χ2v) is 5.93. The molecule has 5 nitrogen and oxygen atoms in total. The van der Waals surface area contributed by atoms with Crippen molar-refractivity contribution in [2.24, 2.45) is 11.3 Å². The van der Waals surface area contributed by atoms with E-state index in [1.54, 1.807) is 0 Å². The summed E-state index contributed by atoms with van der Waals surface area (Å²) >= 11 is 0. The Hall–Kier alpha value is -1.25. The molecule has 0 aromatic heterocycles. The first kappa shape index (κ1) is 15.8. The van der Waals surface area contributed by atoms with Gasteiger partial charge in [-0.1, -0.05) is 32.6 Å². The molecule has 0 aliphatic heterocycles. The van der Waals surface area contributed by atoms with E-state index in [1.165, 1.54) is 6.92 Å². The van der Waals surface area contributed by atoms with Crippen molar-refractivity contribution in [1.29, 1.82) is 0 Å². The van der Waals surface area contributed by atoms with Crippen LogP contribution in [0, 0.1) is 23.2 Å². The number of hydrogen-bond donors (Lipinski definition) is 3. The maximum Gasteiger partial charge on any atom is 0.507 e. The fourth-order valence-corrected chi connectivity index (χ4v) is 2.97. The highest BCUT2D eigenvalue weighted by atomic mass is 16.7. The minimum absolute atomic E-state index is 0.256. The molecule has 1 aliphatic carbocycles. The summed E-state index contributed by atoms with van der Waals surface area (Å²) < 4.78 is 5.13. The zero-order valence-corrected chi connectivity index (χ0v) is 11.8. The Morgan fingerprint density at radius 2 is 2.05 bits per heavy atom. The third-order valence-electron chi connectivity index (χ3n) is 3.79. The van der Waals surface area contributed by atoms with Gasteiger partial charge in [-0.25, -0.2) is 4.79 Å². The highest BCUT2D eigenvalue weighted by Gasteiger charge is 2.55. The van der Waals surface area contributed by atoms with Crippen LogP contribution in [0.15, 0.2) is 0 Å². The van der Waals surface area contributed by atoms with Crippen LogP contribution in [0.4, 0.5) is 4.79 Å². The molecule has 3 N–H and O–H groups in total. The van der Waals surface area contributed by atoms with Crippen molar-refractivity contribution in [3.05, 3.63) is 0 Å². The molecule has 0 bridgehead atoms. The fourth-order valence-electron chi connectivity index (χ4n) is 2.97. The Morgan fingerprint density at radius 1 is 1.47 bits per heavy atom. The van der Waals surface area contributed by atoms with Crippen molar-refractivity contribution in [3.63, 3.8) is 0 Å². The zero-order valence-electron chi connectivity index (χ0n) is 11.8. The van der Waals surface area contributed by atoms with Crippen LogP contribution in [0.25, 0.3) is 0 Å². The number of carbonyl (C=O) groups is 1. The summed E-state index contributed by atoms with van der Waals surface area (Å²) in [5.74, 6) is 5.15. The number of carboxylic acid groups (broad SMARTS) is 1. The first-order chi connectivity index (χ1) is 8.60. The second kappa shape index (κ2) is 5.40. The van der Waals surface area contributed by atoms with Gasteiger partial charge in [0, 0.05) is 11.3 Å². The van der Waals surface area contributed by atoms with Crippen molar-refractivity contribution in [1.82, 2.24) is 0 Å². The van der Waals surface area contributed by atoms with E-state index in [9.17, 15) is 15.0 Å². The first-order valence-electron chi connectivity index (χ1n) is 6.41. The largest absolute Gasteiger partial charge is 0.507 e. The molecule has 1 unspecified atom stereocenters. The number of hydrogen-bond acceptors (Lipinski definition) is 4. The molecule has 0 spiro atoms. The maximum atomic E-state index is 11.0. The van der Waals surface area contributed by atoms with E-state index in [1.807, 2.05) is 20.8 Å². The highest BCUT2D eigenvalue weighted by Crippen LogP contribution is 2.49. The van der Waals surface area contributed by atoms with Gasteiger partial charge in [-0.05, 0) is 19.8 Å². The Bertz CT molecular complexity index is 404. The molecule has 5 heteroatoms. The van der Waals surface area contributed by atoms with Crippen LogP contribution in [-0.4, -0.2) is 39.3 Å². The van der Waals surface area contributed by atoms with Gasteiger partial charge < -0.3 is 20.1 Å². The second-order valence-electron chi connectivity index (χ2n) is 5.93. The molecular formula is C14H22O5. The van der Waals surface area contributed by atoms with Gasteiger partial charge in [-0.2, -0.15) is 0 Å². The molecule has 1 fully saturated rings. The van der Waals surface area contributed by atoms with E-state index in [-0.39, 0.29) is 5.92 Å². The molecule has 0 aromatic rings. The first-order valence-corrected chi connectivity index (χ1v) is 6.41. The van der Waals surface area contributed by atoms with E-state index in [0.29, 0.717) is 12.8 Å². The minimum Gasteiger partial charge on any atom is -0.450 e. The Labute approximate surface area is 113 Å². The molecule has 0 aromatic carbocycles. The Morgan fingerprint density at radius 3 is 2.47 bits per heavy atom. The molecule has 0 amide bonds.